The fourth-order valence-electron chi connectivity index (χ4n) is 2.14. The van der Waals surface area contributed by atoms with Gasteiger partial charge in [-0.25, -0.2) is 0 Å². The second-order valence-electron chi connectivity index (χ2n) is 4.02. The van der Waals surface area contributed by atoms with Crippen LogP contribution in [0.2, 0.25) is 0 Å². The Morgan fingerprint density at radius 3 is 3.07 bits per heavy atom. The smallest absolute Gasteiger partial charge is 0.0471 e. The van der Waals surface area contributed by atoms with Crippen molar-refractivity contribution >= 4 is 0 Å². The minimum absolute atomic E-state index is 0.250. The Morgan fingerprint density at radius 2 is 2.29 bits per heavy atom. The van der Waals surface area contributed by atoms with Crippen LogP contribution in [-0.2, 0) is 19.4 Å². The van der Waals surface area contributed by atoms with Crippen LogP contribution in [0.25, 0.3) is 0 Å². The Kier molecular flexibility index (Phi) is 2.85. The summed E-state index contributed by atoms with van der Waals surface area (Å²) in [5.74, 6) is 0. The normalized spacial score (nSPS) is 16.7. The van der Waals surface area contributed by atoms with Gasteiger partial charge >= 0.3 is 0 Å². The molecule has 0 aromatic heterocycles. The van der Waals surface area contributed by atoms with Crippen molar-refractivity contribution in [3.05, 3.63) is 34.9 Å². The Labute approximate surface area is 85.2 Å². The monoisotopic (exact) mass is 191 g/mol. The van der Waals surface area contributed by atoms with Gasteiger partial charge in [-0.1, -0.05) is 18.2 Å². The van der Waals surface area contributed by atoms with Gasteiger partial charge in [0.1, 0.15) is 0 Å². The molecule has 14 heavy (non-hydrogen) atoms. The zero-order chi connectivity index (χ0) is 9.97. The van der Waals surface area contributed by atoms with E-state index < -0.39 is 0 Å². The van der Waals surface area contributed by atoms with E-state index in [1.165, 1.54) is 16.7 Å². The molecule has 2 nitrogen and oxygen atoms in total. The fourth-order valence-corrected chi connectivity index (χ4v) is 2.14. The lowest BCUT2D eigenvalue weighted by Crippen LogP contribution is -2.27. The summed E-state index contributed by atoms with van der Waals surface area (Å²) >= 11 is 0. The highest BCUT2D eigenvalue weighted by Crippen LogP contribution is 2.21. The maximum absolute atomic E-state index is 8.97. The summed E-state index contributed by atoms with van der Waals surface area (Å²) in [6, 6.07) is 6.45. The predicted molar refractivity (Wildman–Crippen MR) is 57.3 cm³/mol. The summed E-state index contributed by atoms with van der Waals surface area (Å²) in [5, 5.41) is 8.97. The first-order valence-corrected chi connectivity index (χ1v) is 5.20. The molecule has 1 heterocycles. The highest BCUT2D eigenvalue weighted by atomic mass is 16.2. The van der Waals surface area contributed by atoms with Crippen LogP contribution >= 0.6 is 0 Å². The van der Waals surface area contributed by atoms with Crippen molar-refractivity contribution in [3.8, 4) is 0 Å². The van der Waals surface area contributed by atoms with Gasteiger partial charge in [-0.2, -0.15) is 0 Å². The average Bonchev–Trinajstić information content (AvgIpc) is 2.19. The summed E-state index contributed by atoms with van der Waals surface area (Å²) < 4.78 is 0. The number of aliphatic hydroxyl groups is 1. The number of benzene rings is 1. The number of nitrogens with zero attached hydrogens (tertiary/aromatic N) is 1. The van der Waals surface area contributed by atoms with Crippen molar-refractivity contribution in [2.75, 3.05) is 20.2 Å². The number of hydrogen-bond donors (Lipinski definition) is 1. The van der Waals surface area contributed by atoms with Crippen molar-refractivity contribution < 1.29 is 5.11 Å². The maximum atomic E-state index is 8.97. The molecular weight excluding hydrogens is 174 g/mol. The van der Waals surface area contributed by atoms with Crippen LogP contribution in [0.15, 0.2) is 18.2 Å². The van der Waals surface area contributed by atoms with Crippen LogP contribution in [0, 0.1) is 0 Å². The molecule has 1 aliphatic heterocycles. The second kappa shape index (κ2) is 4.11. The maximum Gasteiger partial charge on any atom is 0.0471 e. The van der Waals surface area contributed by atoms with Crippen LogP contribution in [0.3, 0.4) is 0 Å². The van der Waals surface area contributed by atoms with Crippen molar-refractivity contribution in [1.82, 2.24) is 4.90 Å². The largest absolute Gasteiger partial charge is 0.396 e. The Morgan fingerprint density at radius 1 is 1.43 bits per heavy atom. The molecule has 0 saturated carbocycles. The third-order valence-electron chi connectivity index (χ3n) is 2.94. The van der Waals surface area contributed by atoms with Crippen LogP contribution in [0.1, 0.15) is 16.7 Å². The summed E-state index contributed by atoms with van der Waals surface area (Å²) in [5.41, 5.74) is 4.22. The van der Waals surface area contributed by atoms with Crippen molar-refractivity contribution in [1.29, 1.82) is 0 Å². The highest BCUT2D eigenvalue weighted by molar-refractivity contribution is 5.37. The number of likely N-dealkylation sites (N-methyl/N-ethyl adjacent to an activating group) is 1. The number of aliphatic hydroxyl groups excluding tert-OH is 1. The molecule has 0 amide bonds. The van der Waals surface area contributed by atoms with E-state index in [-0.39, 0.29) is 6.61 Å². The molecule has 1 aromatic carbocycles. The number of hydrogen-bond acceptors (Lipinski definition) is 2. The van der Waals surface area contributed by atoms with Gasteiger partial charge in [0.15, 0.2) is 0 Å². The highest BCUT2D eigenvalue weighted by Gasteiger charge is 2.15. The molecule has 0 aliphatic carbocycles. The van der Waals surface area contributed by atoms with Crippen LogP contribution in [0.5, 0.6) is 0 Å². The van der Waals surface area contributed by atoms with Crippen LogP contribution in [-0.4, -0.2) is 30.2 Å². The molecule has 1 N–H and O–H groups in total. The van der Waals surface area contributed by atoms with Crippen molar-refractivity contribution in [2.45, 2.75) is 19.4 Å². The van der Waals surface area contributed by atoms with E-state index in [1.54, 1.807) is 0 Å². The molecule has 1 aromatic rings. The van der Waals surface area contributed by atoms with Gasteiger partial charge in [0, 0.05) is 19.7 Å². The molecule has 2 rings (SSSR count). The van der Waals surface area contributed by atoms with Gasteiger partial charge in [0.2, 0.25) is 0 Å². The van der Waals surface area contributed by atoms with Crippen molar-refractivity contribution in [3.63, 3.8) is 0 Å². The first kappa shape index (κ1) is 9.69. The molecule has 0 fully saturated rings. The fraction of sp³-hybridized carbons (Fsp3) is 0.500. The van der Waals surface area contributed by atoms with E-state index in [0.717, 1.165) is 25.9 Å². The number of rotatable bonds is 2. The van der Waals surface area contributed by atoms with E-state index in [9.17, 15) is 0 Å². The standard InChI is InChI=1S/C12H17NO/c1-13-7-5-10-3-2-4-11(6-8-14)12(10)9-13/h2-4,14H,5-9H2,1H3. The molecule has 0 saturated heterocycles. The lowest BCUT2D eigenvalue weighted by molar-refractivity contribution is 0.292. The van der Waals surface area contributed by atoms with E-state index in [4.69, 9.17) is 5.11 Å². The van der Waals surface area contributed by atoms with E-state index in [0.29, 0.717) is 0 Å². The Hall–Kier alpha value is -0.860. The topological polar surface area (TPSA) is 23.5 Å². The third kappa shape index (κ3) is 1.81. The molecule has 0 spiro atoms. The summed E-state index contributed by atoms with van der Waals surface area (Å²) in [4.78, 5) is 2.34. The van der Waals surface area contributed by atoms with Crippen LogP contribution in [0.4, 0.5) is 0 Å². The molecular formula is C12H17NO. The van der Waals surface area contributed by atoms with Crippen molar-refractivity contribution in [2.24, 2.45) is 0 Å². The third-order valence-corrected chi connectivity index (χ3v) is 2.94. The van der Waals surface area contributed by atoms with E-state index in [2.05, 4.69) is 30.1 Å². The van der Waals surface area contributed by atoms with E-state index in [1.807, 2.05) is 0 Å². The first-order chi connectivity index (χ1) is 6.81. The molecule has 0 atom stereocenters. The first-order valence-electron chi connectivity index (χ1n) is 5.20. The van der Waals surface area contributed by atoms with E-state index >= 15 is 0 Å². The zero-order valence-electron chi connectivity index (χ0n) is 8.66. The average molecular weight is 191 g/mol. The van der Waals surface area contributed by atoms with Gasteiger partial charge < -0.3 is 10.0 Å². The minimum atomic E-state index is 0.250. The number of fused-ring (bicyclic) bond motifs is 1. The summed E-state index contributed by atoms with van der Waals surface area (Å²) in [6.07, 6.45) is 1.93. The minimum Gasteiger partial charge on any atom is -0.396 e. The lowest BCUT2D eigenvalue weighted by Gasteiger charge is -2.26. The summed E-state index contributed by atoms with van der Waals surface area (Å²) in [6.45, 7) is 2.43. The SMILES string of the molecule is CN1CCc2cccc(CCO)c2C1. The zero-order valence-corrected chi connectivity index (χ0v) is 8.66. The van der Waals surface area contributed by atoms with Gasteiger partial charge in [0.05, 0.1) is 0 Å². The Balaban J connectivity index is 2.33. The molecule has 0 radical (unpaired) electrons. The summed E-state index contributed by atoms with van der Waals surface area (Å²) in [7, 11) is 2.15. The molecule has 2 heteroatoms. The molecule has 0 unspecified atom stereocenters. The van der Waals surface area contributed by atoms with Crippen LogP contribution < -0.4 is 0 Å². The molecule has 0 bridgehead atoms. The van der Waals surface area contributed by atoms with Gasteiger partial charge in [-0.3, -0.25) is 0 Å². The lowest BCUT2D eigenvalue weighted by atomic mass is 9.94. The molecule has 76 valence electrons. The quantitative estimate of drug-likeness (QED) is 0.759. The predicted octanol–water partition coefficient (Wildman–Crippen LogP) is 1.21. The van der Waals surface area contributed by atoms with Gasteiger partial charge in [-0.05, 0) is 36.6 Å². The Bertz CT molecular complexity index is 322. The van der Waals surface area contributed by atoms with Gasteiger partial charge in [0.25, 0.3) is 0 Å². The second-order valence-corrected chi connectivity index (χ2v) is 4.02. The molecule has 1 aliphatic rings. The van der Waals surface area contributed by atoms with Gasteiger partial charge in [-0.15, -0.1) is 0 Å².